The Balaban J connectivity index is -0.0000000985. The third kappa shape index (κ3) is 128. The predicted octanol–water partition coefficient (Wildman–Crippen LogP) is 3.35. The van der Waals surface area contributed by atoms with Crippen molar-refractivity contribution in [3.8, 4) is 0 Å². The lowest BCUT2D eigenvalue weighted by atomic mass is 10.2. The van der Waals surface area contributed by atoms with E-state index in [0.717, 1.165) is 4.48 Å². The maximum Gasteiger partial charge on any atom is 0.507 e. The molecule has 0 aromatic heterocycles. The molecule has 12 N–H and O–H groups in total. The molecule has 0 aliphatic carbocycles. The lowest BCUT2D eigenvalue weighted by molar-refractivity contribution is 0.316. The number of quaternary nitrogens is 1. The van der Waals surface area contributed by atoms with Gasteiger partial charge in [-0.25, -0.2) is 27.4 Å². The van der Waals surface area contributed by atoms with Gasteiger partial charge < -0.3 is 0 Å². The van der Waals surface area contributed by atoms with Crippen LogP contribution < -0.4 is 4.48 Å². The highest BCUT2D eigenvalue weighted by atomic mass is 31.2. The van der Waals surface area contributed by atoms with Crippen LogP contribution in [0, 0.1) is 0 Å². The van der Waals surface area contributed by atoms with Crippen molar-refractivity contribution in [2.45, 2.75) is 20.8 Å². The molecule has 1 aromatic rings. The zero-order valence-electron chi connectivity index (χ0n) is 21.7. The van der Waals surface area contributed by atoms with Gasteiger partial charge in [0.25, 0.3) is 0 Å². The first-order chi connectivity index (χ1) is 18.3. The Morgan fingerprint density at radius 1 is 0.442 bits per heavy atom. The van der Waals surface area contributed by atoms with Crippen molar-refractivity contribution >= 4 is 53.1 Å². The minimum absolute atomic E-state index is 1.10. The smallest absolute Gasteiger partial charge is 0.299 e. The van der Waals surface area contributed by atoms with Crippen molar-refractivity contribution < 1.29 is 111 Å². The van der Waals surface area contributed by atoms with Crippen molar-refractivity contribution in [1.82, 2.24) is 4.48 Å². The molecule has 0 aliphatic heterocycles. The molecule has 0 radical (unpaired) electrons. The summed E-state index contributed by atoms with van der Waals surface area (Å²) in [6.07, 6.45) is 0. The third-order valence-electron chi connectivity index (χ3n) is 3.12. The molecule has 0 amide bonds. The van der Waals surface area contributed by atoms with E-state index in [0.29, 0.717) is 0 Å². The first kappa shape index (κ1) is 55.1. The molecule has 1 aromatic carbocycles. The minimum Gasteiger partial charge on any atom is -0.299 e. The van der Waals surface area contributed by atoms with Gasteiger partial charge in [0.05, 0.1) is 19.6 Å². The predicted molar refractivity (Wildman–Crippen MR) is 139 cm³/mol. The molecule has 0 heterocycles. The van der Waals surface area contributed by atoms with Crippen LogP contribution in [0.15, 0.2) is 30.3 Å². The van der Waals surface area contributed by atoms with Crippen LogP contribution in [0.5, 0.6) is 0 Å². The number of nitrogens with zero attached hydrogens (tertiary/aromatic N) is 1. The largest absolute Gasteiger partial charge is 0.507 e. The molecule has 264 valence electrons. The van der Waals surface area contributed by atoms with E-state index in [9.17, 15) is 25.2 Å². The Hall–Kier alpha value is -0.340. The second kappa shape index (κ2) is 24.8. The monoisotopic (exact) mass is 778 g/mol. The van der Waals surface area contributed by atoms with Gasteiger partial charge >= 0.3 is 47.4 Å². The molecule has 0 saturated carbocycles. The first-order valence-electron chi connectivity index (χ1n) is 9.71. The summed E-state index contributed by atoms with van der Waals surface area (Å²) >= 11 is 0. The van der Waals surface area contributed by atoms with Crippen molar-refractivity contribution in [3.05, 3.63) is 30.3 Å². The molecule has 0 unspecified atom stereocenters. The topological polar surface area (TPSA) is 345 Å². The number of rotatable bonds is 4. The normalized spacial score (nSPS) is 11.7. The van der Waals surface area contributed by atoms with Crippen LogP contribution >= 0.6 is 47.4 Å². The highest BCUT2D eigenvalue weighted by Crippen LogP contribution is 2.37. The van der Waals surface area contributed by atoms with Crippen LogP contribution in [0.4, 0.5) is 30.9 Å². The minimum atomic E-state index is -5.14. The molecule has 43 heavy (non-hydrogen) atoms. The van der Waals surface area contributed by atoms with E-state index in [-0.39, 0.29) is 0 Å². The number of hydrogen-bond donors (Lipinski definition) is 12. The Morgan fingerprint density at radius 3 is 0.698 bits per heavy atom. The number of para-hydroxylation sites is 1. The van der Waals surface area contributed by atoms with E-state index < -0.39 is 47.4 Å². The third-order valence-corrected chi connectivity index (χ3v) is 3.12. The zero-order chi connectivity index (χ0) is 36.7. The van der Waals surface area contributed by atoms with Gasteiger partial charge in [-0.2, -0.15) is 0 Å². The highest BCUT2D eigenvalue weighted by molar-refractivity contribution is 7.46. The van der Waals surface area contributed by atoms with Gasteiger partial charge in [0, 0.05) is 0 Å². The second-order valence-corrected chi connectivity index (χ2v) is 11.9. The Kier molecular flexibility index (Phi) is 31.8. The standard InChI is InChI=1S/C12H20N.6FH2O3P/c1-4-13(5-2,6-3)12-10-8-7-9-11-12;6*1-5(2,3)4/h7-11H,4-6H2,1-3H3;6*(H2,2,3,4)/q+1;;;;;;. The number of benzene rings is 1. The van der Waals surface area contributed by atoms with E-state index in [4.69, 9.17) is 86.1 Å². The van der Waals surface area contributed by atoms with Gasteiger partial charge in [0.15, 0.2) is 0 Å². The summed E-state index contributed by atoms with van der Waals surface area (Å²) in [5, 5.41) is 0. The van der Waals surface area contributed by atoms with E-state index in [1.165, 1.54) is 25.3 Å². The molecule has 0 spiro atoms. The van der Waals surface area contributed by atoms with Crippen LogP contribution in [0.2, 0.25) is 0 Å². The summed E-state index contributed by atoms with van der Waals surface area (Å²) in [4.78, 5) is 83.6. The summed E-state index contributed by atoms with van der Waals surface area (Å²) in [5.74, 6) is 0. The molecule has 1 rings (SSSR count). The van der Waals surface area contributed by atoms with Crippen molar-refractivity contribution in [3.63, 3.8) is 0 Å². The van der Waals surface area contributed by atoms with Crippen LogP contribution in [0.25, 0.3) is 0 Å². The number of hydrogen-bond acceptors (Lipinski definition) is 6. The molecular formula is C12H32F6NO18P6+. The molecule has 31 heteroatoms. The molecule has 0 atom stereocenters. The average molecular weight is 778 g/mol. The fraction of sp³-hybridized carbons (Fsp3) is 0.500. The molecule has 0 aliphatic rings. The summed E-state index contributed by atoms with van der Waals surface area (Å²) in [5.41, 5.74) is 1.44. The first-order valence-corrected chi connectivity index (χ1v) is 18.7. The molecule has 0 saturated heterocycles. The Labute approximate surface area is 240 Å². The van der Waals surface area contributed by atoms with Crippen molar-refractivity contribution in [1.29, 1.82) is 0 Å². The van der Waals surface area contributed by atoms with E-state index >= 15 is 0 Å². The molecular weight excluding hydrogens is 746 g/mol. The van der Waals surface area contributed by atoms with Gasteiger partial charge in [-0.1, -0.05) is 18.2 Å². The lowest BCUT2D eigenvalue weighted by Gasteiger charge is -2.35. The van der Waals surface area contributed by atoms with Crippen molar-refractivity contribution in [2.24, 2.45) is 0 Å². The van der Waals surface area contributed by atoms with E-state index in [1.54, 1.807) is 0 Å². The van der Waals surface area contributed by atoms with E-state index in [1.807, 2.05) is 0 Å². The molecule has 0 bridgehead atoms. The number of halogens is 6. The van der Waals surface area contributed by atoms with Gasteiger partial charge in [-0.05, 0) is 32.9 Å². The van der Waals surface area contributed by atoms with Crippen molar-refractivity contribution in [2.75, 3.05) is 19.6 Å². The quantitative estimate of drug-likeness (QED) is 0.118. The Morgan fingerprint density at radius 2 is 0.581 bits per heavy atom. The van der Waals surface area contributed by atoms with Crippen LogP contribution in [0.1, 0.15) is 20.8 Å². The van der Waals surface area contributed by atoms with Crippen LogP contribution in [-0.2, 0) is 27.4 Å². The summed E-state index contributed by atoms with van der Waals surface area (Å²) in [6, 6.07) is 10.8. The maximum absolute atomic E-state index is 10.4. The SMILES string of the molecule is CC[N+](CC)(CC)c1ccccc1.O=P(O)(O)F.O=P(O)(O)F.O=P(O)(O)F.O=P(O)(O)F.O=P(O)(O)F.O=P(O)(O)F. The summed E-state index contributed by atoms with van der Waals surface area (Å²) in [6.45, 7) is 10.3. The fourth-order valence-electron chi connectivity index (χ4n) is 1.96. The summed E-state index contributed by atoms with van der Waals surface area (Å²) in [7, 11) is -30.8. The molecule has 19 nitrogen and oxygen atoms in total. The van der Waals surface area contributed by atoms with Gasteiger partial charge in [0.1, 0.15) is 5.69 Å². The van der Waals surface area contributed by atoms with Gasteiger partial charge in [-0.15, -0.1) is 25.2 Å². The fourth-order valence-corrected chi connectivity index (χ4v) is 1.96. The highest BCUT2D eigenvalue weighted by Gasteiger charge is 2.23. The Bertz CT molecular complexity index is 898. The van der Waals surface area contributed by atoms with Gasteiger partial charge in [-0.3, -0.25) is 63.2 Å². The van der Waals surface area contributed by atoms with Gasteiger partial charge in [0.2, 0.25) is 0 Å². The maximum atomic E-state index is 10.4. The average Bonchev–Trinajstić information content (AvgIpc) is 2.63. The second-order valence-electron chi connectivity index (χ2n) is 6.27. The van der Waals surface area contributed by atoms with E-state index in [2.05, 4.69) is 51.1 Å². The summed E-state index contributed by atoms with van der Waals surface area (Å²) < 4.78 is 115. The lowest BCUT2D eigenvalue weighted by Crippen LogP contribution is -2.48. The zero-order valence-corrected chi connectivity index (χ0v) is 27.1. The molecule has 0 fully saturated rings. The van der Waals surface area contributed by atoms with Crippen LogP contribution in [0.3, 0.4) is 0 Å². The van der Waals surface area contributed by atoms with Crippen LogP contribution in [-0.4, -0.2) is 78.4 Å².